The van der Waals surface area contributed by atoms with Crippen molar-refractivity contribution in [2.75, 3.05) is 17.7 Å². The van der Waals surface area contributed by atoms with Gasteiger partial charge in [-0.05, 0) is 42.8 Å². The zero-order valence-electron chi connectivity index (χ0n) is 14.3. The quantitative estimate of drug-likeness (QED) is 0.696. The minimum absolute atomic E-state index is 0.213. The Bertz CT molecular complexity index is 929. The van der Waals surface area contributed by atoms with Gasteiger partial charge >= 0.3 is 0 Å². The molecule has 0 spiro atoms. The first-order valence-corrected chi connectivity index (χ1v) is 8.24. The maximum absolute atomic E-state index is 12.3. The van der Waals surface area contributed by atoms with Gasteiger partial charge in [0.2, 0.25) is 0 Å². The van der Waals surface area contributed by atoms with Crippen molar-refractivity contribution in [2.45, 2.75) is 6.92 Å². The van der Waals surface area contributed by atoms with Crippen molar-refractivity contribution in [1.82, 2.24) is 9.97 Å². The second-order valence-electron chi connectivity index (χ2n) is 5.53. The number of anilines is 3. The molecule has 0 atom stereocenters. The molecule has 3 rings (SSSR count). The molecule has 2 N–H and O–H groups in total. The zero-order valence-corrected chi connectivity index (χ0v) is 15.0. The normalized spacial score (nSPS) is 10.3. The highest BCUT2D eigenvalue weighted by molar-refractivity contribution is 6.30. The number of aryl methyl sites for hydroxylation is 1. The third kappa shape index (κ3) is 4.10. The molecule has 1 aromatic heterocycles. The molecule has 6 nitrogen and oxygen atoms in total. The van der Waals surface area contributed by atoms with Gasteiger partial charge in [0.1, 0.15) is 17.3 Å². The van der Waals surface area contributed by atoms with E-state index < -0.39 is 0 Å². The summed E-state index contributed by atoms with van der Waals surface area (Å²) in [6, 6.07) is 12.7. The first kappa shape index (κ1) is 17.7. The standard InChI is InChI=1S/C19H17ClN4O2/c1-12-9-13(20)7-8-14(12)24-19(25)16-10-22-18(11-21-16)23-15-5-3-4-6-17(15)26-2/h3-11H,1-2H3,(H,22,23)(H,24,25). The van der Waals surface area contributed by atoms with Gasteiger partial charge in [0, 0.05) is 10.7 Å². The smallest absolute Gasteiger partial charge is 0.275 e. The number of amides is 1. The average Bonchev–Trinajstić information content (AvgIpc) is 2.65. The average molecular weight is 369 g/mol. The lowest BCUT2D eigenvalue weighted by atomic mass is 10.2. The number of ether oxygens (including phenoxy) is 1. The maximum Gasteiger partial charge on any atom is 0.275 e. The van der Waals surface area contributed by atoms with E-state index in [-0.39, 0.29) is 11.6 Å². The van der Waals surface area contributed by atoms with E-state index in [9.17, 15) is 4.79 Å². The molecule has 0 fully saturated rings. The predicted molar refractivity (Wildman–Crippen MR) is 102 cm³/mol. The third-order valence-corrected chi connectivity index (χ3v) is 3.93. The largest absolute Gasteiger partial charge is 0.495 e. The van der Waals surface area contributed by atoms with Crippen LogP contribution >= 0.6 is 11.6 Å². The first-order chi connectivity index (χ1) is 12.6. The van der Waals surface area contributed by atoms with Gasteiger partial charge < -0.3 is 15.4 Å². The number of aromatic nitrogens is 2. The number of hydrogen-bond acceptors (Lipinski definition) is 5. The van der Waals surface area contributed by atoms with Crippen LogP contribution in [0.4, 0.5) is 17.2 Å². The summed E-state index contributed by atoms with van der Waals surface area (Å²) >= 11 is 5.93. The molecule has 0 aliphatic heterocycles. The van der Waals surface area contributed by atoms with Crippen LogP contribution in [0.15, 0.2) is 54.9 Å². The molecule has 0 unspecified atom stereocenters. The SMILES string of the molecule is COc1ccccc1Nc1cnc(C(=O)Nc2ccc(Cl)cc2C)cn1. The fraction of sp³-hybridized carbons (Fsp3) is 0.105. The number of rotatable bonds is 5. The van der Waals surface area contributed by atoms with E-state index in [1.54, 1.807) is 25.3 Å². The molecule has 1 amide bonds. The summed E-state index contributed by atoms with van der Waals surface area (Å²) in [6.07, 6.45) is 2.91. The molecule has 0 saturated heterocycles. The van der Waals surface area contributed by atoms with Crippen LogP contribution in [0.5, 0.6) is 5.75 Å². The molecular formula is C19H17ClN4O2. The van der Waals surface area contributed by atoms with E-state index in [0.717, 1.165) is 11.3 Å². The van der Waals surface area contributed by atoms with Gasteiger partial charge in [0.15, 0.2) is 0 Å². The lowest BCUT2D eigenvalue weighted by Gasteiger charge is -2.11. The Labute approximate surface area is 156 Å². The first-order valence-electron chi connectivity index (χ1n) is 7.86. The highest BCUT2D eigenvalue weighted by Crippen LogP contribution is 2.26. The molecular weight excluding hydrogens is 352 g/mol. The molecule has 0 bridgehead atoms. The van der Waals surface area contributed by atoms with Crippen LogP contribution in [-0.4, -0.2) is 23.0 Å². The maximum atomic E-state index is 12.3. The minimum Gasteiger partial charge on any atom is -0.495 e. The Hall–Kier alpha value is -3.12. The minimum atomic E-state index is -0.341. The topological polar surface area (TPSA) is 76.1 Å². The summed E-state index contributed by atoms with van der Waals surface area (Å²) in [5, 5.41) is 6.53. The molecule has 0 radical (unpaired) electrons. The van der Waals surface area contributed by atoms with E-state index >= 15 is 0 Å². The van der Waals surface area contributed by atoms with Crippen LogP contribution in [0.1, 0.15) is 16.1 Å². The van der Waals surface area contributed by atoms with E-state index in [2.05, 4.69) is 20.6 Å². The number of nitrogens with one attached hydrogen (secondary N) is 2. The fourth-order valence-electron chi connectivity index (χ4n) is 2.35. The van der Waals surface area contributed by atoms with Gasteiger partial charge in [-0.1, -0.05) is 23.7 Å². The highest BCUT2D eigenvalue weighted by Gasteiger charge is 2.11. The molecule has 2 aromatic carbocycles. The van der Waals surface area contributed by atoms with Crippen molar-refractivity contribution in [2.24, 2.45) is 0 Å². The summed E-state index contributed by atoms with van der Waals surface area (Å²) in [7, 11) is 1.60. The number of halogens is 1. The van der Waals surface area contributed by atoms with Gasteiger partial charge in [-0.3, -0.25) is 4.79 Å². The van der Waals surface area contributed by atoms with Crippen LogP contribution in [-0.2, 0) is 0 Å². The number of nitrogens with zero attached hydrogens (tertiary/aromatic N) is 2. The molecule has 0 saturated carbocycles. The van der Waals surface area contributed by atoms with Gasteiger partial charge in [-0.25, -0.2) is 9.97 Å². The van der Waals surface area contributed by atoms with Crippen LogP contribution in [0, 0.1) is 6.92 Å². The number of carbonyl (C=O) groups excluding carboxylic acids is 1. The van der Waals surface area contributed by atoms with Crippen molar-refractivity contribution < 1.29 is 9.53 Å². The van der Waals surface area contributed by atoms with Gasteiger partial charge in [-0.2, -0.15) is 0 Å². The summed E-state index contributed by atoms with van der Waals surface area (Å²) in [5.41, 5.74) is 2.52. The summed E-state index contributed by atoms with van der Waals surface area (Å²) < 4.78 is 5.28. The predicted octanol–water partition coefficient (Wildman–Crippen LogP) is 4.44. The van der Waals surface area contributed by atoms with Crippen molar-refractivity contribution in [3.63, 3.8) is 0 Å². The Kier molecular flexibility index (Phi) is 5.34. The lowest BCUT2D eigenvalue weighted by Crippen LogP contribution is -2.15. The Morgan fingerprint density at radius 3 is 2.58 bits per heavy atom. The van der Waals surface area contributed by atoms with E-state index in [0.29, 0.717) is 22.3 Å². The number of para-hydroxylation sites is 2. The third-order valence-electron chi connectivity index (χ3n) is 3.69. The zero-order chi connectivity index (χ0) is 18.5. The van der Waals surface area contributed by atoms with E-state index in [4.69, 9.17) is 16.3 Å². The van der Waals surface area contributed by atoms with Crippen LogP contribution in [0.2, 0.25) is 5.02 Å². The fourth-order valence-corrected chi connectivity index (χ4v) is 2.58. The second-order valence-corrected chi connectivity index (χ2v) is 5.96. The Morgan fingerprint density at radius 1 is 1.08 bits per heavy atom. The van der Waals surface area contributed by atoms with Crippen molar-refractivity contribution >= 4 is 34.7 Å². The molecule has 3 aromatic rings. The van der Waals surface area contributed by atoms with Crippen LogP contribution in [0.3, 0.4) is 0 Å². The van der Waals surface area contributed by atoms with Crippen molar-refractivity contribution in [1.29, 1.82) is 0 Å². The molecule has 0 aliphatic carbocycles. The molecule has 7 heteroatoms. The summed E-state index contributed by atoms with van der Waals surface area (Å²) in [5.74, 6) is 0.856. The highest BCUT2D eigenvalue weighted by atomic mass is 35.5. The number of methoxy groups -OCH3 is 1. The van der Waals surface area contributed by atoms with Gasteiger partial charge in [0.25, 0.3) is 5.91 Å². The van der Waals surface area contributed by atoms with Crippen LogP contribution in [0.25, 0.3) is 0 Å². The van der Waals surface area contributed by atoms with E-state index in [1.165, 1.54) is 12.4 Å². The van der Waals surface area contributed by atoms with Crippen molar-refractivity contribution in [3.05, 3.63) is 71.1 Å². The second kappa shape index (κ2) is 7.84. The van der Waals surface area contributed by atoms with Gasteiger partial charge in [-0.15, -0.1) is 0 Å². The molecule has 1 heterocycles. The molecule has 26 heavy (non-hydrogen) atoms. The number of benzene rings is 2. The van der Waals surface area contributed by atoms with Crippen molar-refractivity contribution in [3.8, 4) is 5.75 Å². The molecule has 132 valence electrons. The number of carbonyl (C=O) groups is 1. The van der Waals surface area contributed by atoms with Crippen LogP contribution < -0.4 is 15.4 Å². The molecule has 0 aliphatic rings. The number of hydrogen-bond donors (Lipinski definition) is 2. The van der Waals surface area contributed by atoms with Gasteiger partial charge in [0.05, 0.1) is 25.2 Å². The Balaban J connectivity index is 1.71. The summed E-state index contributed by atoms with van der Waals surface area (Å²) in [6.45, 7) is 1.87. The summed E-state index contributed by atoms with van der Waals surface area (Å²) in [4.78, 5) is 20.7. The van der Waals surface area contributed by atoms with E-state index in [1.807, 2.05) is 31.2 Å². The lowest BCUT2D eigenvalue weighted by molar-refractivity contribution is 0.102. The Morgan fingerprint density at radius 2 is 1.88 bits per heavy atom. The monoisotopic (exact) mass is 368 g/mol.